The van der Waals surface area contributed by atoms with Crippen LogP contribution in [0.15, 0.2) is 59.9 Å². The average molecular weight is 464 g/mol. The molecule has 1 amide bonds. The van der Waals surface area contributed by atoms with Gasteiger partial charge in [0.15, 0.2) is 11.5 Å². The van der Waals surface area contributed by atoms with Gasteiger partial charge in [-0.15, -0.1) is 21.5 Å². The summed E-state index contributed by atoms with van der Waals surface area (Å²) >= 11 is 2.88. The van der Waals surface area contributed by atoms with Gasteiger partial charge in [-0.1, -0.05) is 11.8 Å². The number of aryl methyl sites for hydroxylation is 1. The summed E-state index contributed by atoms with van der Waals surface area (Å²) in [5.41, 5.74) is 3.28. The lowest BCUT2D eigenvalue weighted by Gasteiger charge is -2.06. The van der Waals surface area contributed by atoms with Gasteiger partial charge in [-0.2, -0.15) is 0 Å². The maximum absolute atomic E-state index is 12.3. The molecule has 0 aliphatic carbocycles. The zero-order valence-corrected chi connectivity index (χ0v) is 18.6. The molecule has 0 radical (unpaired) electrons. The first-order valence-electron chi connectivity index (χ1n) is 9.70. The Morgan fingerprint density at radius 1 is 1.16 bits per heavy atom. The van der Waals surface area contributed by atoms with Crippen LogP contribution in [-0.2, 0) is 4.79 Å². The molecule has 0 fully saturated rings. The molecular formula is C22H17N5O3S2. The lowest BCUT2D eigenvalue weighted by Crippen LogP contribution is -2.14. The molecule has 32 heavy (non-hydrogen) atoms. The number of nitrogens with zero attached hydrogens (tertiary/aromatic N) is 4. The normalized spacial score (nSPS) is 12.0. The number of amides is 1. The highest BCUT2D eigenvalue weighted by molar-refractivity contribution is 7.99. The van der Waals surface area contributed by atoms with E-state index in [2.05, 4.69) is 25.5 Å². The van der Waals surface area contributed by atoms with Gasteiger partial charge in [0.1, 0.15) is 15.7 Å². The molecule has 4 aromatic rings. The van der Waals surface area contributed by atoms with Gasteiger partial charge in [0, 0.05) is 29.7 Å². The Labute approximate surface area is 192 Å². The predicted molar refractivity (Wildman–Crippen MR) is 123 cm³/mol. The van der Waals surface area contributed by atoms with Gasteiger partial charge in [-0.05, 0) is 43.3 Å². The lowest BCUT2D eigenvalue weighted by atomic mass is 10.3. The number of benzene rings is 1. The van der Waals surface area contributed by atoms with Crippen LogP contribution >= 0.6 is 23.1 Å². The second-order valence-corrected chi connectivity index (χ2v) is 8.83. The Kier molecular flexibility index (Phi) is 5.70. The van der Waals surface area contributed by atoms with Crippen LogP contribution in [0.25, 0.3) is 21.1 Å². The summed E-state index contributed by atoms with van der Waals surface area (Å²) in [6.07, 6.45) is 3.53. The van der Waals surface area contributed by atoms with E-state index in [1.54, 1.807) is 41.9 Å². The second kappa shape index (κ2) is 8.93. The van der Waals surface area contributed by atoms with E-state index in [0.29, 0.717) is 22.2 Å². The fraction of sp³-hybridized carbons (Fsp3) is 0.136. The minimum atomic E-state index is -0.140. The quantitative estimate of drug-likeness (QED) is 0.419. The van der Waals surface area contributed by atoms with Crippen molar-refractivity contribution >= 4 is 34.7 Å². The van der Waals surface area contributed by atoms with Gasteiger partial charge in [0.05, 0.1) is 16.3 Å². The summed E-state index contributed by atoms with van der Waals surface area (Å²) in [6, 6.07) is 12.9. The van der Waals surface area contributed by atoms with Crippen molar-refractivity contribution in [3.8, 4) is 32.6 Å². The summed E-state index contributed by atoms with van der Waals surface area (Å²) in [7, 11) is 0. The van der Waals surface area contributed by atoms with Crippen LogP contribution < -0.4 is 14.8 Å². The van der Waals surface area contributed by atoms with Gasteiger partial charge in [0.25, 0.3) is 0 Å². The smallest absolute Gasteiger partial charge is 0.234 e. The first-order valence-corrected chi connectivity index (χ1v) is 11.5. The number of aromatic nitrogens is 4. The number of rotatable bonds is 6. The van der Waals surface area contributed by atoms with E-state index in [1.165, 1.54) is 11.8 Å². The average Bonchev–Trinajstić information content (AvgIpc) is 3.45. The maximum Gasteiger partial charge on any atom is 0.234 e. The standard InChI is InChI=1S/C22H17N5O3S2/c1-13-21(32-22(24-13)14-3-2-8-23-10-14)16-5-7-20(27-26-16)31-11-19(28)25-15-4-6-17-18(9-15)30-12-29-17/h2-10H,11-12H2,1H3,(H,25,28). The number of ether oxygens (including phenoxy) is 2. The molecule has 0 atom stereocenters. The van der Waals surface area contributed by atoms with E-state index in [9.17, 15) is 4.79 Å². The molecule has 5 rings (SSSR count). The molecule has 0 saturated heterocycles. The maximum atomic E-state index is 12.3. The third-order valence-corrected chi connectivity index (χ3v) is 6.73. The molecule has 10 heteroatoms. The first kappa shape index (κ1) is 20.4. The molecular weight excluding hydrogens is 446 g/mol. The van der Waals surface area contributed by atoms with Gasteiger partial charge in [0.2, 0.25) is 12.7 Å². The third-order valence-electron chi connectivity index (χ3n) is 4.59. The van der Waals surface area contributed by atoms with Crippen molar-refractivity contribution in [1.29, 1.82) is 0 Å². The Morgan fingerprint density at radius 2 is 2.06 bits per heavy atom. The third kappa shape index (κ3) is 4.41. The molecule has 1 aromatic carbocycles. The monoisotopic (exact) mass is 463 g/mol. The number of thioether (sulfide) groups is 1. The van der Waals surface area contributed by atoms with Crippen LogP contribution in [0.2, 0.25) is 0 Å². The van der Waals surface area contributed by atoms with Crippen LogP contribution in [0, 0.1) is 6.92 Å². The molecule has 0 unspecified atom stereocenters. The highest BCUT2D eigenvalue weighted by atomic mass is 32.2. The van der Waals surface area contributed by atoms with E-state index in [1.807, 2.05) is 31.2 Å². The van der Waals surface area contributed by atoms with E-state index in [-0.39, 0.29) is 18.5 Å². The molecule has 0 spiro atoms. The zero-order chi connectivity index (χ0) is 21.9. The van der Waals surface area contributed by atoms with Crippen molar-refractivity contribution in [2.45, 2.75) is 11.9 Å². The van der Waals surface area contributed by atoms with Gasteiger partial charge in [-0.25, -0.2) is 4.98 Å². The summed E-state index contributed by atoms with van der Waals surface area (Å²) in [5, 5.41) is 13.0. The number of carbonyl (C=O) groups excluding carboxylic acids is 1. The predicted octanol–water partition coefficient (Wildman–Crippen LogP) is 4.43. The summed E-state index contributed by atoms with van der Waals surface area (Å²) in [4.78, 5) is 22.0. The minimum absolute atomic E-state index is 0.140. The lowest BCUT2D eigenvalue weighted by molar-refractivity contribution is -0.113. The molecule has 1 N–H and O–H groups in total. The van der Waals surface area contributed by atoms with Crippen molar-refractivity contribution in [2.75, 3.05) is 17.9 Å². The number of hydrogen-bond acceptors (Lipinski definition) is 9. The van der Waals surface area contributed by atoms with Crippen molar-refractivity contribution < 1.29 is 14.3 Å². The molecule has 0 saturated carbocycles. The van der Waals surface area contributed by atoms with Gasteiger partial charge < -0.3 is 14.8 Å². The number of carbonyl (C=O) groups is 1. The zero-order valence-electron chi connectivity index (χ0n) is 16.9. The van der Waals surface area contributed by atoms with Crippen molar-refractivity contribution in [2.24, 2.45) is 0 Å². The topological polar surface area (TPSA) is 99.1 Å². The van der Waals surface area contributed by atoms with E-state index >= 15 is 0 Å². The molecule has 0 bridgehead atoms. The van der Waals surface area contributed by atoms with Crippen LogP contribution in [0.4, 0.5) is 5.69 Å². The molecule has 1 aliphatic rings. The van der Waals surface area contributed by atoms with Crippen molar-refractivity contribution in [3.63, 3.8) is 0 Å². The SMILES string of the molecule is Cc1nc(-c2cccnc2)sc1-c1ccc(SCC(=O)Nc2ccc3c(c2)OCO3)nn1. The number of thiazole rings is 1. The molecule has 1 aliphatic heterocycles. The Balaban J connectivity index is 1.21. The van der Waals surface area contributed by atoms with E-state index < -0.39 is 0 Å². The second-order valence-electron chi connectivity index (χ2n) is 6.84. The summed E-state index contributed by atoms with van der Waals surface area (Å²) in [5.74, 6) is 1.38. The fourth-order valence-corrected chi connectivity index (χ4v) is 4.71. The molecule has 160 valence electrons. The number of anilines is 1. The number of fused-ring (bicyclic) bond motifs is 1. The highest BCUT2D eigenvalue weighted by Gasteiger charge is 2.15. The van der Waals surface area contributed by atoms with Crippen molar-refractivity contribution in [3.05, 3.63) is 60.6 Å². The van der Waals surface area contributed by atoms with Gasteiger partial charge in [-0.3, -0.25) is 9.78 Å². The highest BCUT2D eigenvalue weighted by Crippen LogP contribution is 2.35. The van der Waals surface area contributed by atoms with Crippen LogP contribution in [0.5, 0.6) is 11.5 Å². The van der Waals surface area contributed by atoms with E-state index in [4.69, 9.17) is 9.47 Å². The van der Waals surface area contributed by atoms with Gasteiger partial charge >= 0.3 is 0 Å². The molecule has 4 heterocycles. The number of pyridine rings is 1. The summed E-state index contributed by atoms with van der Waals surface area (Å²) < 4.78 is 10.6. The first-order chi connectivity index (χ1) is 15.7. The summed E-state index contributed by atoms with van der Waals surface area (Å²) in [6.45, 7) is 2.15. The van der Waals surface area contributed by atoms with Crippen LogP contribution in [-0.4, -0.2) is 38.6 Å². The Morgan fingerprint density at radius 3 is 2.88 bits per heavy atom. The van der Waals surface area contributed by atoms with Crippen molar-refractivity contribution in [1.82, 2.24) is 20.2 Å². The fourth-order valence-electron chi connectivity index (χ4n) is 3.08. The largest absolute Gasteiger partial charge is 0.454 e. The Bertz CT molecular complexity index is 1260. The molecule has 8 nitrogen and oxygen atoms in total. The Hall–Kier alpha value is -3.50. The number of hydrogen-bond donors (Lipinski definition) is 1. The minimum Gasteiger partial charge on any atom is -0.454 e. The van der Waals surface area contributed by atoms with Crippen LogP contribution in [0.1, 0.15) is 5.69 Å². The number of nitrogens with one attached hydrogen (secondary N) is 1. The molecule has 3 aromatic heterocycles. The van der Waals surface area contributed by atoms with E-state index in [0.717, 1.165) is 26.8 Å². The van der Waals surface area contributed by atoms with Crippen LogP contribution in [0.3, 0.4) is 0 Å².